The van der Waals surface area contributed by atoms with Crippen LogP contribution >= 0.6 is 0 Å². The summed E-state index contributed by atoms with van der Waals surface area (Å²) in [4.78, 5) is 4.48. The SMILES string of the molecule is CC(C)(C)c1nnc(Cn2cnc3c2CCCC3)o1. The van der Waals surface area contributed by atoms with E-state index in [1.165, 1.54) is 24.2 Å². The highest BCUT2D eigenvalue weighted by Crippen LogP contribution is 2.23. The summed E-state index contributed by atoms with van der Waals surface area (Å²) in [5.41, 5.74) is 2.48. The molecule has 1 aliphatic carbocycles. The standard InChI is InChI=1S/C14H20N4O/c1-14(2,3)13-17-16-12(19-13)8-18-9-15-10-6-4-5-7-11(10)18/h9H,4-8H2,1-3H3. The Labute approximate surface area is 113 Å². The van der Waals surface area contributed by atoms with Gasteiger partial charge in [0.05, 0.1) is 12.0 Å². The third kappa shape index (κ3) is 2.41. The smallest absolute Gasteiger partial charge is 0.236 e. The van der Waals surface area contributed by atoms with Gasteiger partial charge in [-0.25, -0.2) is 4.98 Å². The van der Waals surface area contributed by atoms with Gasteiger partial charge in [-0.3, -0.25) is 0 Å². The molecule has 0 bridgehead atoms. The van der Waals surface area contributed by atoms with E-state index in [9.17, 15) is 0 Å². The zero-order valence-corrected chi connectivity index (χ0v) is 11.8. The van der Waals surface area contributed by atoms with Crippen LogP contribution in [0.5, 0.6) is 0 Å². The minimum absolute atomic E-state index is 0.0976. The summed E-state index contributed by atoms with van der Waals surface area (Å²) in [6.07, 6.45) is 6.60. The topological polar surface area (TPSA) is 56.7 Å². The van der Waals surface area contributed by atoms with E-state index in [-0.39, 0.29) is 5.41 Å². The van der Waals surface area contributed by atoms with Crippen molar-refractivity contribution in [2.75, 3.05) is 0 Å². The molecule has 0 saturated heterocycles. The molecule has 5 nitrogen and oxygen atoms in total. The van der Waals surface area contributed by atoms with Crippen LogP contribution in [-0.4, -0.2) is 19.7 Å². The molecule has 19 heavy (non-hydrogen) atoms. The largest absolute Gasteiger partial charge is 0.423 e. The Balaban J connectivity index is 1.82. The fourth-order valence-electron chi connectivity index (χ4n) is 2.43. The quantitative estimate of drug-likeness (QED) is 0.832. The van der Waals surface area contributed by atoms with E-state index in [0.29, 0.717) is 18.3 Å². The molecule has 0 aliphatic heterocycles. The molecule has 0 atom stereocenters. The first-order chi connectivity index (χ1) is 9.04. The van der Waals surface area contributed by atoms with E-state index in [1.807, 2.05) is 6.33 Å². The summed E-state index contributed by atoms with van der Waals surface area (Å²) in [7, 11) is 0. The number of aromatic nitrogens is 4. The number of hydrogen-bond acceptors (Lipinski definition) is 4. The summed E-state index contributed by atoms with van der Waals surface area (Å²) in [6.45, 7) is 6.85. The van der Waals surface area contributed by atoms with Crippen LogP contribution in [0.4, 0.5) is 0 Å². The summed E-state index contributed by atoms with van der Waals surface area (Å²) in [5.74, 6) is 1.35. The highest BCUT2D eigenvalue weighted by Gasteiger charge is 2.22. The average Bonchev–Trinajstić information content (AvgIpc) is 2.97. The number of rotatable bonds is 2. The summed E-state index contributed by atoms with van der Waals surface area (Å²) < 4.78 is 7.89. The van der Waals surface area contributed by atoms with Crippen LogP contribution in [0.1, 0.15) is 56.8 Å². The van der Waals surface area contributed by atoms with Crippen LogP contribution in [0, 0.1) is 0 Å². The number of aryl methyl sites for hydroxylation is 1. The Kier molecular flexibility index (Phi) is 2.92. The van der Waals surface area contributed by atoms with Crippen molar-refractivity contribution in [2.24, 2.45) is 0 Å². The fourth-order valence-corrected chi connectivity index (χ4v) is 2.43. The van der Waals surface area contributed by atoms with Gasteiger partial charge in [0.15, 0.2) is 0 Å². The molecule has 0 saturated carbocycles. The second kappa shape index (κ2) is 4.47. The molecule has 0 spiro atoms. The molecule has 0 N–H and O–H groups in total. The Morgan fingerprint density at radius 3 is 2.74 bits per heavy atom. The second-order valence-electron chi connectivity index (χ2n) is 6.22. The fraction of sp³-hybridized carbons (Fsp3) is 0.643. The Morgan fingerprint density at radius 1 is 1.21 bits per heavy atom. The van der Waals surface area contributed by atoms with E-state index in [4.69, 9.17) is 4.42 Å². The Hall–Kier alpha value is -1.65. The van der Waals surface area contributed by atoms with E-state index < -0.39 is 0 Å². The average molecular weight is 260 g/mol. The number of hydrogen-bond donors (Lipinski definition) is 0. The van der Waals surface area contributed by atoms with Crippen molar-refractivity contribution in [1.82, 2.24) is 19.7 Å². The lowest BCUT2D eigenvalue weighted by Gasteiger charge is -2.13. The predicted molar refractivity (Wildman–Crippen MR) is 71.0 cm³/mol. The Morgan fingerprint density at radius 2 is 2.00 bits per heavy atom. The lowest BCUT2D eigenvalue weighted by atomic mass is 9.97. The minimum Gasteiger partial charge on any atom is -0.423 e. The maximum absolute atomic E-state index is 5.74. The van der Waals surface area contributed by atoms with Crippen molar-refractivity contribution in [3.05, 3.63) is 29.5 Å². The van der Waals surface area contributed by atoms with Gasteiger partial charge in [0.25, 0.3) is 0 Å². The first-order valence-electron chi connectivity index (χ1n) is 6.90. The van der Waals surface area contributed by atoms with Crippen LogP contribution in [0.3, 0.4) is 0 Å². The maximum Gasteiger partial charge on any atom is 0.236 e. The van der Waals surface area contributed by atoms with Crippen molar-refractivity contribution >= 4 is 0 Å². The van der Waals surface area contributed by atoms with Crippen LogP contribution in [-0.2, 0) is 24.8 Å². The first-order valence-corrected chi connectivity index (χ1v) is 6.90. The summed E-state index contributed by atoms with van der Waals surface area (Å²) in [6, 6.07) is 0. The van der Waals surface area contributed by atoms with E-state index in [2.05, 4.69) is 40.5 Å². The van der Waals surface area contributed by atoms with Gasteiger partial charge in [0.2, 0.25) is 11.8 Å². The lowest BCUT2D eigenvalue weighted by molar-refractivity contribution is 0.365. The summed E-state index contributed by atoms with van der Waals surface area (Å²) in [5, 5.41) is 8.27. The lowest BCUT2D eigenvalue weighted by Crippen LogP contribution is -2.11. The molecule has 0 aromatic carbocycles. The molecular formula is C14H20N4O. The normalized spacial score (nSPS) is 15.5. The van der Waals surface area contributed by atoms with Gasteiger partial charge in [-0.2, -0.15) is 0 Å². The molecule has 0 amide bonds. The van der Waals surface area contributed by atoms with Crippen molar-refractivity contribution in [1.29, 1.82) is 0 Å². The number of imidazole rings is 1. The number of fused-ring (bicyclic) bond motifs is 1. The van der Waals surface area contributed by atoms with Crippen LogP contribution in [0.15, 0.2) is 10.7 Å². The molecule has 102 valence electrons. The molecule has 1 aliphatic rings. The molecule has 0 unspecified atom stereocenters. The van der Waals surface area contributed by atoms with Gasteiger partial charge in [0.1, 0.15) is 6.54 Å². The third-order valence-electron chi connectivity index (χ3n) is 3.52. The number of nitrogens with zero attached hydrogens (tertiary/aromatic N) is 4. The maximum atomic E-state index is 5.74. The van der Waals surface area contributed by atoms with Gasteiger partial charge in [-0.15, -0.1) is 10.2 Å². The monoisotopic (exact) mass is 260 g/mol. The molecular weight excluding hydrogens is 240 g/mol. The second-order valence-corrected chi connectivity index (χ2v) is 6.22. The highest BCUT2D eigenvalue weighted by molar-refractivity contribution is 5.17. The van der Waals surface area contributed by atoms with Crippen molar-refractivity contribution in [3.8, 4) is 0 Å². The summed E-state index contributed by atoms with van der Waals surface area (Å²) >= 11 is 0. The molecule has 2 heterocycles. The highest BCUT2D eigenvalue weighted by atomic mass is 16.4. The predicted octanol–water partition coefficient (Wildman–Crippen LogP) is 2.49. The van der Waals surface area contributed by atoms with Crippen LogP contribution in [0.2, 0.25) is 0 Å². The minimum atomic E-state index is -0.0976. The molecule has 2 aromatic heterocycles. The molecule has 5 heteroatoms. The molecule has 2 aromatic rings. The Bertz CT molecular complexity index is 577. The zero-order chi connectivity index (χ0) is 13.5. The van der Waals surface area contributed by atoms with Gasteiger partial charge >= 0.3 is 0 Å². The van der Waals surface area contributed by atoms with E-state index >= 15 is 0 Å². The van der Waals surface area contributed by atoms with Crippen molar-refractivity contribution in [3.63, 3.8) is 0 Å². The van der Waals surface area contributed by atoms with E-state index in [1.54, 1.807) is 0 Å². The van der Waals surface area contributed by atoms with Gasteiger partial charge in [-0.1, -0.05) is 20.8 Å². The zero-order valence-electron chi connectivity index (χ0n) is 11.8. The van der Waals surface area contributed by atoms with Gasteiger partial charge < -0.3 is 8.98 Å². The van der Waals surface area contributed by atoms with E-state index in [0.717, 1.165) is 12.8 Å². The first kappa shape index (κ1) is 12.4. The molecule has 3 rings (SSSR count). The van der Waals surface area contributed by atoms with Gasteiger partial charge in [0, 0.05) is 11.1 Å². The van der Waals surface area contributed by atoms with Gasteiger partial charge in [-0.05, 0) is 25.7 Å². The molecule has 0 radical (unpaired) electrons. The third-order valence-corrected chi connectivity index (χ3v) is 3.52. The van der Waals surface area contributed by atoms with Crippen LogP contribution in [0.25, 0.3) is 0 Å². The van der Waals surface area contributed by atoms with Crippen molar-refractivity contribution in [2.45, 2.75) is 58.4 Å². The van der Waals surface area contributed by atoms with Crippen LogP contribution < -0.4 is 0 Å². The molecule has 0 fully saturated rings. The van der Waals surface area contributed by atoms with Crippen molar-refractivity contribution < 1.29 is 4.42 Å².